The summed E-state index contributed by atoms with van der Waals surface area (Å²) in [4.78, 5) is 4.05. The Labute approximate surface area is 119 Å². The van der Waals surface area contributed by atoms with Crippen molar-refractivity contribution < 1.29 is 13.9 Å². The van der Waals surface area contributed by atoms with Gasteiger partial charge in [0.05, 0.1) is 12.3 Å². The maximum absolute atomic E-state index is 13.3. The molecule has 112 valence electrons. The molecule has 20 heavy (non-hydrogen) atoms. The predicted molar refractivity (Wildman–Crippen MR) is 75.3 cm³/mol. The molecule has 1 fully saturated rings. The van der Waals surface area contributed by atoms with E-state index >= 15 is 0 Å². The average Bonchev–Trinajstić information content (AvgIpc) is 2.45. The number of aromatic nitrogens is 1. The lowest BCUT2D eigenvalue weighted by molar-refractivity contribution is -0.0121. The Morgan fingerprint density at radius 2 is 2.35 bits per heavy atom. The van der Waals surface area contributed by atoms with Crippen molar-refractivity contribution in [2.24, 2.45) is 0 Å². The van der Waals surface area contributed by atoms with Crippen LogP contribution in [-0.2, 0) is 11.3 Å². The normalized spacial score (nSPS) is 19.3. The summed E-state index contributed by atoms with van der Waals surface area (Å²) in [5, 5.41) is 3.25. The van der Waals surface area contributed by atoms with Crippen molar-refractivity contribution >= 4 is 0 Å². The maximum atomic E-state index is 13.3. The fraction of sp³-hybridized carbons (Fsp3) is 0.667. The van der Waals surface area contributed by atoms with Crippen LogP contribution in [0, 0.1) is 5.82 Å². The second kappa shape index (κ2) is 7.55. The van der Waals surface area contributed by atoms with Crippen LogP contribution in [-0.4, -0.2) is 30.3 Å². The van der Waals surface area contributed by atoms with Gasteiger partial charge >= 0.3 is 0 Å². The zero-order valence-electron chi connectivity index (χ0n) is 12.2. The van der Waals surface area contributed by atoms with Crippen molar-refractivity contribution in [3.8, 4) is 5.88 Å². The summed E-state index contributed by atoms with van der Waals surface area (Å²) in [6.45, 7) is 5.91. The summed E-state index contributed by atoms with van der Waals surface area (Å²) in [7, 11) is 0. The van der Waals surface area contributed by atoms with Gasteiger partial charge < -0.3 is 14.8 Å². The third-order valence-corrected chi connectivity index (χ3v) is 3.27. The molecule has 5 heteroatoms. The highest BCUT2D eigenvalue weighted by molar-refractivity contribution is 5.26. The number of ether oxygens (including phenoxy) is 2. The molecule has 1 aromatic rings. The van der Waals surface area contributed by atoms with E-state index in [-0.39, 0.29) is 11.9 Å². The lowest BCUT2D eigenvalue weighted by atomic mass is 10.1. The topological polar surface area (TPSA) is 43.4 Å². The molecule has 2 heterocycles. The summed E-state index contributed by atoms with van der Waals surface area (Å²) in [6, 6.07) is 1.80. The van der Waals surface area contributed by atoms with Gasteiger partial charge in [0.2, 0.25) is 5.88 Å². The van der Waals surface area contributed by atoms with E-state index in [4.69, 9.17) is 9.47 Å². The van der Waals surface area contributed by atoms with Crippen LogP contribution in [0.15, 0.2) is 12.3 Å². The second-order valence-corrected chi connectivity index (χ2v) is 5.45. The first kappa shape index (κ1) is 15.2. The summed E-state index contributed by atoms with van der Waals surface area (Å²) >= 11 is 0. The van der Waals surface area contributed by atoms with Crippen LogP contribution in [0.25, 0.3) is 0 Å². The zero-order valence-corrected chi connectivity index (χ0v) is 12.2. The Morgan fingerprint density at radius 3 is 3.05 bits per heavy atom. The highest BCUT2D eigenvalue weighted by atomic mass is 19.1. The molecule has 0 aliphatic carbocycles. The molecule has 1 aromatic heterocycles. The highest BCUT2D eigenvalue weighted by Crippen LogP contribution is 2.19. The predicted octanol–water partition coefficient (Wildman–Crippen LogP) is 2.67. The van der Waals surface area contributed by atoms with Gasteiger partial charge in [0.25, 0.3) is 0 Å². The summed E-state index contributed by atoms with van der Waals surface area (Å²) in [5.74, 6) is 0.153. The van der Waals surface area contributed by atoms with E-state index < -0.39 is 0 Å². The molecule has 0 aromatic carbocycles. The SMILES string of the molecule is CC(C)NCc1cc(F)cnc1OCC1CCCCO1. The molecular weight excluding hydrogens is 259 g/mol. The number of hydrogen-bond acceptors (Lipinski definition) is 4. The van der Waals surface area contributed by atoms with E-state index in [0.29, 0.717) is 25.1 Å². The average molecular weight is 282 g/mol. The molecule has 0 amide bonds. The molecule has 4 nitrogen and oxygen atoms in total. The van der Waals surface area contributed by atoms with Crippen LogP contribution in [0.1, 0.15) is 38.7 Å². The molecule has 1 unspecified atom stereocenters. The standard InChI is InChI=1S/C15H23FN2O2/c1-11(2)17-8-12-7-13(16)9-18-15(12)20-10-14-5-3-4-6-19-14/h7,9,11,14,17H,3-6,8,10H2,1-2H3. The first-order chi connectivity index (χ1) is 9.65. The van der Waals surface area contributed by atoms with Gasteiger partial charge in [0.15, 0.2) is 0 Å². The molecule has 2 rings (SSSR count). The summed E-state index contributed by atoms with van der Waals surface area (Å²) in [5.41, 5.74) is 0.745. The van der Waals surface area contributed by atoms with Crippen LogP contribution in [0.3, 0.4) is 0 Å². The maximum Gasteiger partial charge on any atom is 0.218 e. The van der Waals surface area contributed by atoms with Crippen molar-refractivity contribution in [2.45, 2.75) is 51.8 Å². The van der Waals surface area contributed by atoms with Crippen LogP contribution < -0.4 is 10.1 Å². The number of hydrogen-bond donors (Lipinski definition) is 1. The van der Waals surface area contributed by atoms with Crippen LogP contribution in [0.2, 0.25) is 0 Å². The molecular formula is C15H23FN2O2. The van der Waals surface area contributed by atoms with E-state index in [0.717, 1.165) is 25.0 Å². The largest absolute Gasteiger partial charge is 0.475 e. The number of pyridine rings is 1. The number of halogens is 1. The lowest BCUT2D eigenvalue weighted by Gasteiger charge is -2.23. The van der Waals surface area contributed by atoms with Crippen molar-refractivity contribution in [3.63, 3.8) is 0 Å². The van der Waals surface area contributed by atoms with Gasteiger partial charge in [-0.2, -0.15) is 0 Å². The summed E-state index contributed by atoms with van der Waals surface area (Å²) < 4.78 is 24.6. The molecule has 0 radical (unpaired) electrons. The van der Waals surface area contributed by atoms with Gasteiger partial charge in [-0.15, -0.1) is 0 Å². The molecule has 1 aliphatic heterocycles. The fourth-order valence-electron chi connectivity index (χ4n) is 2.15. The quantitative estimate of drug-likeness (QED) is 0.871. The Morgan fingerprint density at radius 1 is 1.50 bits per heavy atom. The lowest BCUT2D eigenvalue weighted by Crippen LogP contribution is -2.27. The smallest absolute Gasteiger partial charge is 0.218 e. The van der Waals surface area contributed by atoms with Crippen molar-refractivity contribution in [1.29, 1.82) is 0 Å². The Balaban J connectivity index is 1.94. The third kappa shape index (κ3) is 4.72. The van der Waals surface area contributed by atoms with Crippen molar-refractivity contribution in [1.82, 2.24) is 10.3 Å². The minimum Gasteiger partial charge on any atom is -0.475 e. The highest BCUT2D eigenvalue weighted by Gasteiger charge is 2.16. The van der Waals surface area contributed by atoms with Gasteiger partial charge in [-0.25, -0.2) is 9.37 Å². The van der Waals surface area contributed by atoms with Gasteiger partial charge in [0, 0.05) is 24.8 Å². The molecule has 1 aliphatic rings. The van der Waals surface area contributed by atoms with Gasteiger partial charge in [-0.05, 0) is 25.3 Å². The van der Waals surface area contributed by atoms with E-state index in [1.54, 1.807) is 0 Å². The van der Waals surface area contributed by atoms with Crippen LogP contribution in [0.5, 0.6) is 5.88 Å². The fourth-order valence-corrected chi connectivity index (χ4v) is 2.15. The number of nitrogens with one attached hydrogen (secondary N) is 1. The molecule has 0 saturated carbocycles. The molecule has 1 N–H and O–H groups in total. The van der Waals surface area contributed by atoms with Crippen LogP contribution in [0.4, 0.5) is 4.39 Å². The van der Waals surface area contributed by atoms with Crippen molar-refractivity contribution in [3.05, 3.63) is 23.6 Å². The molecule has 0 bridgehead atoms. The first-order valence-corrected chi connectivity index (χ1v) is 7.27. The Hall–Kier alpha value is -1.20. The van der Waals surface area contributed by atoms with Gasteiger partial charge in [-0.1, -0.05) is 13.8 Å². The summed E-state index contributed by atoms with van der Waals surface area (Å²) in [6.07, 6.45) is 4.62. The van der Waals surface area contributed by atoms with E-state index in [1.807, 2.05) is 13.8 Å². The van der Waals surface area contributed by atoms with Gasteiger partial charge in [0.1, 0.15) is 12.4 Å². The zero-order chi connectivity index (χ0) is 14.4. The number of nitrogens with zero attached hydrogens (tertiary/aromatic N) is 1. The van der Waals surface area contributed by atoms with Crippen LogP contribution >= 0.6 is 0 Å². The second-order valence-electron chi connectivity index (χ2n) is 5.45. The monoisotopic (exact) mass is 282 g/mol. The van der Waals surface area contributed by atoms with Crippen molar-refractivity contribution in [2.75, 3.05) is 13.2 Å². The van der Waals surface area contributed by atoms with Gasteiger partial charge in [-0.3, -0.25) is 0 Å². The molecule has 1 saturated heterocycles. The Bertz CT molecular complexity index is 420. The Kier molecular flexibility index (Phi) is 5.73. The van der Waals surface area contributed by atoms with E-state index in [9.17, 15) is 4.39 Å². The first-order valence-electron chi connectivity index (χ1n) is 7.27. The minimum absolute atomic E-state index is 0.126. The molecule has 0 spiro atoms. The third-order valence-electron chi connectivity index (χ3n) is 3.27. The van der Waals surface area contributed by atoms with E-state index in [1.165, 1.54) is 18.7 Å². The molecule has 1 atom stereocenters. The number of rotatable bonds is 6. The van der Waals surface area contributed by atoms with E-state index in [2.05, 4.69) is 10.3 Å². The minimum atomic E-state index is -0.341.